The number of nitrogen functional groups attached to an aromatic ring is 1. The van der Waals surface area contributed by atoms with E-state index in [0.29, 0.717) is 17.3 Å². The van der Waals surface area contributed by atoms with Crippen LogP contribution in [-0.4, -0.2) is 6.04 Å². The average molecular weight is 215 g/mol. The quantitative estimate of drug-likeness (QED) is 0.759. The number of nitrogens with two attached hydrogens (primary N) is 1. The van der Waals surface area contributed by atoms with Gasteiger partial charge in [0, 0.05) is 11.7 Å². The fraction of sp³-hybridized carbons (Fsp3) is 0.462. The van der Waals surface area contributed by atoms with E-state index in [-0.39, 0.29) is 0 Å². The maximum atomic E-state index is 9.00. The van der Waals surface area contributed by atoms with E-state index >= 15 is 0 Å². The second-order valence-corrected chi connectivity index (χ2v) is 4.64. The van der Waals surface area contributed by atoms with E-state index in [2.05, 4.69) is 18.3 Å². The minimum absolute atomic E-state index is 0.420. The molecule has 84 valence electrons. The molecule has 1 aliphatic rings. The zero-order valence-electron chi connectivity index (χ0n) is 9.53. The Morgan fingerprint density at radius 3 is 2.94 bits per heavy atom. The highest BCUT2D eigenvalue weighted by molar-refractivity contribution is 5.63. The van der Waals surface area contributed by atoms with Crippen LogP contribution in [0.5, 0.6) is 0 Å². The topological polar surface area (TPSA) is 61.8 Å². The Morgan fingerprint density at radius 1 is 1.56 bits per heavy atom. The van der Waals surface area contributed by atoms with Crippen LogP contribution in [0.3, 0.4) is 0 Å². The van der Waals surface area contributed by atoms with Crippen LogP contribution in [-0.2, 0) is 0 Å². The van der Waals surface area contributed by atoms with Gasteiger partial charge in [-0.15, -0.1) is 0 Å². The predicted molar refractivity (Wildman–Crippen MR) is 66.0 cm³/mol. The van der Waals surface area contributed by atoms with Gasteiger partial charge in [-0.1, -0.05) is 12.8 Å². The molecule has 1 aromatic rings. The lowest BCUT2D eigenvalue weighted by molar-refractivity contribution is 0.642. The number of nitrogens with one attached hydrogen (secondary N) is 1. The van der Waals surface area contributed by atoms with Crippen molar-refractivity contribution < 1.29 is 0 Å². The highest BCUT2D eigenvalue weighted by atomic mass is 14.9. The van der Waals surface area contributed by atoms with Gasteiger partial charge in [-0.25, -0.2) is 0 Å². The van der Waals surface area contributed by atoms with Gasteiger partial charge in [0.15, 0.2) is 0 Å². The van der Waals surface area contributed by atoms with Crippen molar-refractivity contribution in [3.8, 4) is 6.07 Å². The molecular weight excluding hydrogens is 198 g/mol. The second kappa shape index (κ2) is 4.44. The third kappa shape index (κ3) is 2.66. The number of benzene rings is 1. The second-order valence-electron chi connectivity index (χ2n) is 4.64. The van der Waals surface area contributed by atoms with Gasteiger partial charge in [0.1, 0.15) is 6.07 Å². The van der Waals surface area contributed by atoms with Crippen molar-refractivity contribution in [2.45, 2.75) is 32.2 Å². The lowest BCUT2D eigenvalue weighted by Crippen LogP contribution is -2.16. The summed E-state index contributed by atoms with van der Waals surface area (Å²) >= 11 is 0. The highest BCUT2D eigenvalue weighted by Crippen LogP contribution is 2.34. The Morgan fingerprint density at radius 2 is 2.31 bits per heavy atom. The van der Waals surface area contributed by atoms with Gasteiger partial charge in [0.25, 0.3) is 0 Å². The standard InChI is InChI=1S/C13H17N3/c1-9(6-10-2-3-10)16-13-5-4-12(15)7-11(13)8-14/h4-5,7,9-10,16H,2-3,6,15H2,1H3. The summed E-state index contributed by atoms with van der Waals surface area (Å²) in [6.45, 7) is 2.16. The SMILES string of the molecule is CC(CC1CC1)Nc1ccc(N)cc1C#N. The van der Waals surface area contributed by atoms with Crippen LogP contribution in [0, 0.1) is 17.2 Å². The predicted octanol–water partition coefficient (Wildman–Crippen LogP) is 2.74. The molecule has 3 N–H and O–H groups in total. The van der Waals surface area contributed by atoms with E-state index in [1.54, 1.807) is 6.07 Å². The zero-order valence-corrected chi connectivity index (χ0v) is 9.53. The summed E-state index contributed by atoms with van der Waals surface area (Å²) in [4.78, 5) is 0. The van der Waals surface area contributed by atoms with Gasteiger partial charge in [0.05, 0.1) is 11.3 Å². The summed E-state index contributed by atoms with van der Waals surface area (Å²) in [7, 11) is 0. The maximum absolute atomic E-state index is 9.00. The molecule has 3 heteroatoms. The largest absolute Gasteiger partial charge is 0.399 e. The van der Waals surface area contributed by atoms with Crippen molar-refractivity contribution in [3.63, 3.8) is 0 Å². The third-order valence-electron chi connectivity index (χ3n) is 2.95. The van der Waals surface area contributed by atoms with Gasteiger partial charge >= 0.3 is 0 Å². The highest BCUT2D eigenvalue weighted by Gasteiger charge is 2.23. The first-order valence-corrected chi connectivity index (χ1v) is 5.75. The molecule has 1 saturated carbocycles. The third-order valence-corrected chi connectivity index (χ3v) is 2.95. The first-order valence-electron chi connectivity index (χ1n) is 5.75. The Bertz CT molecular complexity index is 416. The van der Waals surface area contributed by atoms with E-state index in [9.17, 15) is 0 Å². The molecule has 1 unspecified atom stereocenters. The average Bonchev–Trinajstić information content (AvgIpc) is 3.04. The Kier molecular flexibility index (Phi) is 3.00. The van der Waals surface area contributed by atoms with E-state index in [4.69, 9.17) is 11.0 Å². The minimum Gasteiger partial charge on any atom is -0.399 e. The monoisotopic (exact) mass is 215 g/mol. The minimum atomic E-state index is 0.420. The van der Waals surface area contributed by atoms with Crippen LogP contribution in [0.1, 0.15) is 31.7 Å². The molecule has 1 aromatic carbocycles. The fourth-order valence-corrected chi connectivity index (χ4v) is 1.96. The van der Waals surface area contributed by atoms with Crippen molar-refractivity contribution in [2.75, 3.05) is 11.1 Å². The van der Waals surface area contributed by atoms with Gasteiger partial charge in [0.2, 0.25) is 0 Å². The summed E-state index contributed by atoms with van der Waals surface area (Å²) in [6, 6.07) is 8.01. The van der Waals surface area contributed by atoms with Crippen molar-refractivity contribution >= 4 is 11.4 Å². The molecule has 0 spiro atoms. The van der Waals surface area contributed by atoms with Gasteiger partial charge in [-0.2, -0.15) is 5.26 Å². The molecule has 16 heavy (non-hydrogen) atoms. The molecular formula is C13H17N3. The number of nitrogens with zero attached hydrogens (tertiary/aromatic N) is 1. The molecule has 0 aromatic heterocycles. The molecule has 3 nitrogen and oxygen atoms in total. The van der Waals surface area contributed by atoms with E-state index in [0.717, 1.165) is 11.6 Å². The van der Waals surface area contributed by atoms with E-state index in [1.165, 1.54) is 19.3 Å². The number of nitriles is 1. The van der Waals surface area contributed by atoms with E-state index < -0.39 is 0 Å². The molecule has 0 amide bonds. The van der Waals surface area contributed by atoms with Crippen LogP contribution in [0.25, 0.3) is 0 Å². The first kappa shape index (κ1) is 10.8. The number of hydrogen-bond acceptors (Lipinski definition) is 3. The van der Waals surface area contributed by atoms with Crippen LogP contribution < -0.4 is 11.1 Å². The van der Waals surface area contributed by atoms with Crippen molar-refractivity contribution in [1.29, 1.82) is 5.26 Å². The molecule has 0 heterocycles. The fourth-order valence-electron chi connectivity index (χ4n) is 1.96. The van der Waals surface area contributed by atoms with Crippen molar-refractivity contribution in [3.05, 3.63) is 23.8 Å². The molecule has 0 saturated heterocycles. The molecule has 2 rings (SSSR count). The summed E-state index contributed by atoms with van der Waals surface area (Å²) in [5, 5.41) is 12.4. The van der Waals surface area contributed by atoms with Crippen molar-refractivity contribution in [1.82, 2.24) is 0 Å². The Hall–Kier alpha value is -1.69. The number of anilines is 2. The normalized spacial score (nSPS) is 16.5. The lowest BCUT2D eigenvalue weighted by Gasteiger charge is -2.16. The summed E-state index contributed by atoms with van der Waals surface area (Å²) in [6.07, 6.45) is 3.91. The molecule has 1 atom stereocenters. The smallest absolute Gasteiger partial charge is 0.101 e. The Labute approximate surface area is 96.3 Å². The van der Waals surface area contributed by atoms with Crippen LogP contribution in [0.4, 0.5) is 11.4 Å². The Balaban J connectivity index is 2.04. The summed E-state index contributed by atoms with van der Waals surface area (Å²) in [5.74, 6) is 0.891. The number of hydrogen-bond donors (Lipinski definition) is 2. The van der Waals surface area contributed by atoms with Crippen LogP contribution in [0.2, 0.25) is 0 Å². The lowest BCUT2D eigenvalue weighted by atomic mass is 10.1. The molecule has 0 radical (unpaired) electrons. The van der Waals surface area contributed by atoms with Crippen molar-refractivity contribution in [2.24, 2.45) is 5.92 Å². The molecule has 1 fully saturated rings. The zero-order chi connectivity index (χ0) is 11.5. The van der Waals surface area contributed by atoms with E-state index in [1.807, 2.05) is 12.1 Å². The molecule has 0 bridgehead atoms. The van der Waals surface area contributed by atoms with Crippen LogP contribution in [0.15, 0.2) is 18.2 Å². The van der Waals surface area contributed by atoms with Gasteiger partial charge in [-0.3, -0.25) is 0 Å². The first-order chi connectivity index (χ1) is 7.69. The van der Waals surface area contributed by atoms with Gasteiger partial charge in [-0.05, 0) is 37.5 Å². The summed E-state index contributed by atoms with van der Waals surface area (Å²) in [5.41, 5.74) is 7.80. The number of rotatable bonds is 4. The van der Waals surface area contributed by atoms with Gasteiger partial charge < -0.3 is 11.1 Å². The summed E-state index contributed by atoms with van der Waals surface area (Å²) < 4.78 is 0. The molecule has 0 aliphatic heterocycles. The maximum Gasteiger partial charge on any atom is 0.101 e. The molecule has 1 aliphatic carbocycles. The van der Waals surface area contributed by atoms with Crippen LogP contribution >= 0.6 is 0 Å².